The van der Waals surface area contributed by atoms with Crippen molar-refractivity contribution in [3.63, 3.8) is 0 Å². The molecule has 0 aromatic carbocycles. The van der Waals surface area contributed by atoms with Crippen LogP contribution in [0.5, 0.6) is 0 Å². The Kier molecular flexibility index (Phi) is 4.99. The highest BCUT2D eigenvalue weighted by molar-refractivity contribution is 7.99. The van der Waals surface area contributed by atoms with Gasteiger partial charge >= 0.3 is 0 Å². The van der Waals surface area contributed by atoms with Gasteiger partial charge in [0.2, 0.25) is 5.91 Å². The van der Waals surface area contributed by atoms with Crippen LogP contribution in [0.2, 0.25) is 0 Å². The molecule has 3 aliphatic rings. The van der Waals surface area contributed by atoms with Gasteiger partial charge in [-0.1, -0.05) is 24.6 Å². The highest BCUT2D eigenvalue weighted by Gasteiger charge is 2.38. The number of carbonyl (C=O) groups excluding carboxylic acids is 1. The fourth-order valence-corrected chi connectivity index (χ4v) is 6.98. The fraction of sp³-hybridized carbons (Fsp3) is 0.667. The molecule has 0 spiro atoms. The highest BCUT2D eigenvalue weighted by atomic mass is 32.2. The van der Waals surface area contributed by atoms with Crippen molar-refractivity contribution in [1.29, 1.82) is 0 Å². The van der Waals surface area contributed by atoms with Crippen molar-refractivity contribution in [1.82, 2.24) is 14.5 Å². The van der Waals surface area contributed by atoms with E-state index < -0.39 is 0 Å². The van der Waals surface area contributed by atoms with Crippen LogP contribution in [0.4, 0.5) is 0 Å². The molecule has 0 bridgehead atoms. The average Bonchev–Trinajstić information content (AvgIpc) is 3.24. The van der Waals surface area contributed by atoms with E-state index in [1.165, 1.54) is 41.5 Å². The molecule has 2 aromatic rings. The van der Waals surface area contributed by atoms with Crippen molar-refractivity contribution in [3.05, 3.63) is 20.8 Å². The Labute approximate surface area is 173 Å². The number of carbonyl (C=O) groups is 1. The maximum absolute atomic E-state index is 13.0. The van der Waals surface area contributed by atoms with E-state index in [1.807, 2.05) is 0 Å². The molecule has 1 amide bonds. The number of aromatic nitrogens is 2. The third kappa shape index (κ3) is 3.30. The van der Waals surface area contributed by atoms with Crippen LogP contribution in [0, 0.1) is 0 Å². The Hall–Kier alpha value is -1.34. The van der Waals surface area contributed by atoms with Gasteiger partial charge in [-0.3, -0.25) is 14.2 Å². The lowest BCUT2D eigenvalue weighted by Gasteiger charge is -2.29. The second kappa shape index (κ2) is 7.48. The van der Waals surface area contributed by atoms with Crippen molar-refractivity contribution in [3.8, 4) is 0 Å². The molecule has 0 radical (unpaired) electrons. The molecule has 150 valence electrons. The second-order valence-corrected chi connectivity index (χ2v) is 10.4. The minimum Gasteiger partial charge on any atom is -0.336 e. The van der Waals surface area contributed by atoms with Crippen LogP contribution < -0.4 is 5.56 Å². The Morgan fingerprint density at radius 2 is 1.86 bits per heavy atom. The molecule has 7 heteroatoms. The average molecular weight is 418 g/mol. The first-order valence-corrected chi connectivity index (χ1v) is 12.4. The van der Waals surface area contributed by atoms with Gasteiger partial charge in [0.1, 0.15) is 4.83 Å². The molecule has 2 aromatic heterocycles. The molecule has 2 fully saturated rings. The minimum absolute atomic E-state index is 0.0502. The standard InChI is InChI=1S/C21H27N3O2S2/c1-23-20(26)18-15-8-4-5-9-16(15)28-19(18)22-21(23)27-12-17(25)24(14-10-11-14)13-6-2-3-7-13/h13-14H,2-12H2,1H3. The predicted molar refractivity (Wildman–Crippen MR) is 114 cm³/mol. The molecule has 5 rings (SSSR count). The van der Waals surface area contributed by atoms with Gasteiger partial charge in [-0.05, 0) is 56.9 Å². The van der Waals surface area contributed by atoms with Gasteiger partial charge in [0, 0.05) is 24.0 Å². The van der Waals surface area contributed by atoms with Gasteiger partial charge in [-0.15, -0.1) is 11.3 Å². The zero-order valence-corrected chi connectivity index (χ0v) is 18.0. The molecule has 0 atom stereocenters. The largest absolute Gasteiger partial charge is 0.336 e. The van der Waals surface area contributed by atoms with E-state index in [-0.39, 0.29) is 11.5 Å². The van der Waals surface area contributed by atoms with E-state index in [0.29, 0.717) is 23.0 Å². The molecule has 5 nitrogen and oxygen atoms in total. The molecule has 2 heterocycles. The first-order chi connectivity index (χ1) is 13.6. The molecule has 0 saturated heterocycles. The van der Waals surface area contributed by atoms with E-state index in [2.05, 4.69) is 4.90 Å². The summed E-state index contributed by atoms with van der Waals surface area (Å²) in [6.45, 7) is 0. The quantitative estimate of drug-likeness (QED) is 0.547. The number of rotatable bonds is 5. The Morgan fingerprint density at radius 3 is 2.61 bits per heavy atom. The molecular weight excluding hydrogens is 390 g/mol. The van der Waals surface area contributed by atoms with Crippen LogP contribution in [0.25, 0.3) is 10.2 Å². The summed E-state index contributed by atoms with van der Waals surface area (Å²) in [5.41, 5.74) is 1.28. The number of thioether (sulfide) groups is 1. The fourth-order valence-electron chi connectivity index (χ4n) is 4.84. The van der Waals surface area contributed by atoms with E-state index in [9.17, 15) is 9.59 Å². The molecule has 3 aliphatic carbocycles. The Balaban J connectivity index is 1.38. The summed E-state index contributed by atoms with van der Waals surface area (Å²) in [4.78, 5) is 35.2. The third-order valence-corrected chi connectivity index (χ3v) is 8.63. The normalized spacial score (nSPS) is 19.9. The lowest BCUT2D eigenvalue weighted by molar-refractivity contribution is -0.131. The predicted octanol–water partition coefficient (Wildman–Crippen LogP) is 3.90. The molecule has 0 N–H and O–H groups in total. The number of aryl methyl sites for hydroxylation is 2. The molecule has 0 aliphatic heterocycles. The third-order valence-electron chi connectivity index (χ3n) is 6.43. The van der Waals surface area contributed by atoms with Gasteiger partial charge in [-0.2, -0.15) is 0 Å². The Morgan fingerprint density at radius 1 is 1.14 bits per heavy atom. The number of thiophene rings is 1. The van der Waals surface area contributed by atoms with Crippen LogP contribution in [0.3, 0.4) is 0 Å². The van der Waals surface area contributed by atoms with E-state index in [1.54, 1.807) is 23.0 Å². The highest BCUT2D eigenvalue weighted by Crippen LogP contribution is 2.36. The summed E-state index contributed by atoms with van der Waals surface area (Å²) in [6.07, 6.45) is 11.5. The zero-order valence-electron chi connectivity index (χ0n) is 16.4. The van der Waals surface area contributed by atoms with E-state index in [4.69, 9.17) is 4.98 Å². The number of hydrogen-bond donors (Lipinski definition) is 0. The van der Waals surface area contributed by atoms with Crippen molar-refractivity contribution in [2.75, 3.05) is 5.75 Å². The monoisotopic (exact) mass is 417 g/mol. The Bertz CT molecular complexity index is 970. The van der Waals surface area contributed by atoms with E-state index >= 15 is 0 Å². The number of hydrogen-bond acceptors (Lipinski definition) is 5. The lowest BCUT2D eigenvalue weighted by Crippen LogP contribution is -2.41. The number of amides is 1. The van der Waals surface area contributed by atoms with Crippen molar-refractivity contribution in [2.24, 2.45) is 7.05 Å². The van der Waals surface area contributed by atoms with Crippen molar-refractivity contribution < 1.29 is 4.79 Å². The summed E-state index contributed by atoms with van der Waals surface area (Å²) in [7, 11) is 1.80. The van der Waals surface area contributed by atoms with Gasteiger partial charge in [0.05, 0.1) is 11.1 Å². The van der Waals surface area contributed by atoms with Crippen LogP contribution in [-0.4, -0.2) is 38.2 Å². The summed E-state index contributed by atoms with van der Waals surface area (Å²) in [6, 6.07) is 0.892. The van der Waals surface area contributed by atoms with Crippen LogP contribution in [0.1, 0.15) is 61.8 Å². The van der Waals surface area contributed by atoms with E-state index in [0.717, 1.165) is 55.2 Å². The minimum atomic E-state index is 0.0502. The topological polar surface area (TPSA) is 55.2 Å². The maximum atomic E-state index is 13.0. The lowest BCUT2D eigenvalue weighted by atomic mass is 9.97. The van der Waals surface area contributed by atoms with Gasteiger partial charge < -0.3 is 4.90 Å². The molecule has 2 saturated carbocycles. The summed E-state index contributed by atoms with van der Waals surface area (Å²) >= 11 is 3.11. The first-order valence-electron chi connectivity index (χ1n) is 10.6. The van der Waals surface area contributed by atoms with Crippen LogP contribution in [0.15, 0.2) is 9.95 Å². The van der Waals surface area contributed by atoms with Crippen LogP contribution in [-0.2, 0) is 24.7 Å². The molecule has 0 unspecified atom stereocenters. The summed E-state index contributed by atoms with van der Waals surface area (Å²) < 4.78 is 1.65. The number of fused-ring (bicyclic) bond motifs is 3. The van der Waals surface area contributed by atoms with Gasteiger partial charge in [0.25, 0.3) is 5.56 Å². The summed E-state index contributed by atoms with van der Waals surface area (Å²) in [5.74, 6) is 0.600. The summed E-state index contributed by atoms with van der Waals surface area (Å²) in [5, 5.41) is 1.50. The smallest absolute Gasteiger partial charge is 0.262 e. The van der Waals surface area contributed by atoms with Crippen LogP contribution >= 0.6 is 23.1 Å². The molecular formula is C21H27N3O2S2. The number of nitrogens with zero attached hydrogens (tertiary/aromatic N) is 3. The maximum Gasteiger partial charge on any atom is 0.262 e. The van der Waals surface area contributed by atoms with Crippen molar-refractivity contribution >= 4 is 39.2 Å². The molecule has 28 heavy (non-hydrogen) atoms. The zero-order chi connectivity index (χ0) is 19.3. The van der Waals surface area contributed by atoms with Gasteiger partial charge in [0.15, 0.2) is 5.16 Å². The second-order valence-electron chi connectivity index (χ2n) is 8.41. The first kappa shape index (κ1) is 18.7. The van der Waals surface area contributed by atoms with Crippen molar-refractivity contribution in [2.45, 2.75) is 81.4 Å². The van der Waals surface area contributed by atoms with Gasteiger partial charge in [-0.25, -0.2) is 4.98 Å². The SMILES string of the molecule is Cn1c(SCC(=O)N(C2CCCC2)C2CC2)nc2sc3c(c2c1=O)CCCC3.